The Morgan fingerprint density at radius 1 is 0.328 bits per heavy atom. The molecule has 2 aromatic heterocycles. The summed E-state index contributed by atoms with van der Waals surface area (Å²) in [7, 11) is 0. The minimum atomic E-state index is -0.0744. The first-order valence-corrected chi connectivity index (χ1v) is 19.8. The molecule has 0 unspecified atom stereocenters. The van der Waals surface area contributed by atoms with Gasteiger partial charge in [-0.3, -0.25) is 0 Å². The van der Waals surface area contributed by atoms with Gasteiger partial charge in [0.05, 0.1) is 0 Å². The molecule has 2 heterocycles. The first kappa shape index (κ1) is 33.9. The summed E-state index contributed by atoms with van der Waals surface area (Å²) >= 11 is 0. The Balaban J connectivity index is 0.946. The lowest BCUT2D eigenvalue weighted by molar-refractivity contribution is 0.660. The van der Waals surface area contributed by atoms with Gasteiger partial charge in [0.1, 0.15) is 11.2 Å². The molecule has 0 saturated carbocycles. The van der Waals surface area contributed by atoms with E-state index in [1.54, 1.807) is 0 Å². The van der Waals surface area contributed by atoms with Gasteiger partial charge >= 0.3 is 0 Å². The van der Waals surface area contributed by atoms with Gasteiger partial charge in [-0.05, 0) is 56.6 Å². The molecule has 1 aliphatic rings. The minimum Gasteiger partial charge on any atom is -0.455 e. The minimum absolute atomic E-state index is 0.0744. The zero-order valence-corrected chi connectivity index (χ0v) is 32.1. The van der Waals surface area contributed by atoms with Crippen LogP contribution in [0.15, 0.2) is 192 Å². The van der Waals surface area contributed by atoms with Crippen LogP contribution in [0.5, 0.6) is 0 Å². The van der Waals surface area contributed by atoms with E-state index in [1.807, 2.05) is 60.7 Å². The number of furan rings is 1. The predicted molar refractivity (Wildman–Crippen MR) is 237 cm³/mol. The van der Waals surface area contributed by atoms with Gasteiger partial charge in [-0.2, -0.15) is 0 Å². The van der Waals surface area contributed by atoms with Crippen LogP contribution in [0.2, 0.25) is 0 Å². The van der Waals surface area contributed by atoms with Crippen molar-refractivity contribution in [1.29, 1.82) is 0 Å². The second kappa shape index (κ2) is 13.4. The van der Waals surface area contributed by atoms with E-state index in [-0.39, 0.29) is 5.41 Å². The average molecular weight is 744 g/mol. The van der Waals surface area contributed by atoms with E-state index >= 15 is 0 Å². The van der Waals surface area contributed by atoms with Crippen molar-refractivity contribution in [3.05, 3.63) is 199 Å². The smallest absolute Gasteiger partial charge is 0.164 e. The Kier molecular flexibility index (Phi) is 7.80. The molecule has 1 aliphatic carbocycles. The van der Waals surface area contributed by atoms with E-state index in [4.69, 9.17) is 19.4 Å². The molecule has 4 heteroatoms. The third-order valence-corrected chi connectivity index (χ3v) is 11.8. The van der Waals surface area contributed by atoms with Gasteiger partial charge in [0.25, 0.3) is 0 Å². The Morgan fingerprint density at radius 3 is 1.45 bits per heavy atom. The third kappa shape index (κ3) is 5.56. The Labute approximate surface area is 337 Å². The van der Waals surface area contributed by atoms with Crippen LogP contribution < -0.4 is 0 Å². The van der Waals surface area contributed by atoms with Crippen molar-refractivity contribution in [2.45, 2.75) is 19.3 Å². The van der Waals surface area contributed by atoms with Crippen LogP contribution >= 0.6 is 0 Å². The van der Waals surface area contributed by atoms with Crippen molar-refractivity contribution in [3.8, 4) is 78.7 Å². The van der Waals surface area contributed by atoms with E-state index in [0.29, 0.717) is 17.5 Å². The van der Waals surface area contributed by atoms with Gasteiger partial charge in [-0.15, -0.1) is 0 Å². The van der Waals surface area contributed by atoms with Gasteiger partial charge in [-0.1, -0.05) is 190 Å². The van der Waals surface area contributed by atoms with Crippen molar-refractivity contribution in [2.24, 2.45) is 0 Å². The topological polar surface area (TPSA) is 51.8 Å². The number of para-hydroxylation sites is 2. The van der Waals surface area contributed by atoms with Crippen molar-refractivity contribution >= 4 is 21.9 Å². The molecule has 0 saturated heterocycles. The SMILES string of the molecule is CC1(C)c2ccccc2-c2ccc(-c3cccc4c3oc3c(-c5ccc(-c6cccc(-c7nc(-c8ccccc8)nc(-c8ccccc8)n7)c6)cc5)cccc34)cc21. The van der Waals surface area contributed by atoms with Crippen LogP contribution in [0.3, 0.4) is 0 Å². The van der Waals surface area contributed by atoms with Crippen molar-refractivity contribution < 1.29 is 4.42 Å². The van der Waals surface area contributed by atoms with Crippen LogP contribution in [0.25, 0.3) is 101 Å². The quantitative estimate of drug-likeness (QED) is 0.170. The van der Waals surface area contributed by atoms with Gasteiger partial charge in [0, 0.05) is 44.0 Å². The number of aromatic nitrogens is 3. The van der Waals surface area contributed by atoms with Gasteiger partial charge in [-0.25, -0.2) is 15.0 Å². The van der Waals surface area contributed by atoms with Crippen LogP contribution in [0, 0.1) is 0 Å². The molecule has 0 radical (unpaired) electrons. The fraction of sp³-hybridized carbons (Fsp3) is 0.0556. The molecule has 0 amide bonds. The first-order chi connectivity index (χ1) is 28.5. The summed E-state index contributed by atoms with van der Waals surface area (Å²) in [4.78, 5) is 14.8. The highest BCUT2D eigenvalue weighted by Gasteiger charge is 2.35. The van der Waals surface area contributed by atoms with Crippen LogP contribution in [-0.2, 0) is 5.41 Å². The average Bonchev–Trinajstić information content (AvgIpc) is 3.79. The Morgan fingerprint density at radius 2 is 0.793 bits per heavy atom. The lowest BCUT2D eigenvalue weighted by Gasteiger charge is -2.22. The third-order valence-electron chi connectivity index (χ3n) is 11.8. The fourth-order valence-corrected chi connectivity index (χ4v) is 8.76. The summed E-state index contributed by atoms with van der Waals surface area (Å²) in [6, 6.07) is 66.0. The number of fused-ring (bicyclic) bond motifs is 6. The first-order valence-electron chi connectivity index (χ1n) is 19.8. The van der Waals surface area contributed by atoms with Gasteiger partial charge in [0.15, 0.2) is 17.5 Å². The maximum atomic E-state index is 6.90. The highest BCUT2D eigenvalue weighted by atomic mass is 16.3. The molecule has 10 aromatic rings. The van der Waals surface area contributed by atoms with E-state index in [0.717, 1.165) is 66.4 Å². The number of benzene rings is 8. The number of hydrogen-bond donors (Lipinski definition) is 0. The summed E-state index contributed by atoms with van der Waals surface area (Å²) in [6.45, 7) is 4.66. The molecule has 0 atom stereocenters. The molecule has 274 valence electrons. The van der Waals surface area contributed by atoms with E-state index in [9.17, 15) is 0 Å². The molecule has 0 spiro atoms. The molecule has 58 heavy (non-hydrogen) atoms. The van der Waals surface area contributed by atoms with Crippen LogP contribution in [-0.4, -0.2) is 15.0 Å². The lowest BCUT2D eigenvalue weighted by atomic mass is 9.81. The highest BCUT2D eigenvalue weighted by molar-refractivity contribution is 6.13. The lowest BCUT2D eigenvalue weighted by Crippen LogP contribution is -2.14. The summed E-state index contributed by atoms with van der Waals surface area (Å²) in [5.74, 6) is 1.93. The standard InChI is InChI=1S/C54H37N3O/c1-54(2)47-25-10-9-20-43(47)44-31-30-39(33-48(44)54)42-22-13-24-46-45-23-12-21-41(49(45)58-50(42)46)35-28-26-34(27-29-35)38-18-11-19-40(32-38)53-56-51(36-14-5-3-6-15-36)55-52(57-53)37-16-7-4-8-17-37/h3-33H,1-2H3. The number of hydrogen-bond acceptors (Lipinski definition) is 4. The molecular weight excluding hydrogens is 707 g/mol. The molecule has 4 nitrogen and oxygen atoms in total. The molecule has 0 bridgehead atoms. The number of rotatable bonds is 6. The largest absolute Gasteiger partial charge is 0.455 e. The second-order valence-electron chi connectivity index (χ2n) is 15.6. The molecule has 0 aliphatic heterocycles. The van der Waals surface area contributed by atoms with E-state index < -0.39 is 0 Å². The monoisotopic (exact) mass is 743 g/mol. The van der Waals surface area contributed by atoms with Crippen molar-refractivity contribution in [3.63, 3.8) is 0 Å². The van der Waals surface area contributed by atoms with Gasteiger partial charge in [0.2, 0.25) is 0 Å². The zero-order valence-electron chi connectivity index (χ0n) is 32.1. The van der Waals surface area contributed by atoms with E-state index in [1.165, 1.54) is 27.8 Å². The zero-order chi connectivity index (χ0) is 38.8. The van der Waals surface area contributed by atoms with Gasteiger partial charge < -0.3 is 4.42 Å². The maximum absolute atomic E-state index is 6.90. The molecular formula is C54H37N3O. The fourth-order valence-electron chi connectivity index (χ4n) is 8.76. The second-order valence-corrected chi connectivity index (χ2v) is 15.6. The number of nitrogens with zero attached hydrogens (tertiary/aromatic N) is 3. The van der Waals surface area contributed by atoms with E-state index in [2.05, 4.69) is 141 Å². The van der Waals surface area contributed by atoms with Crippen molar-refractivity contribution in [2.75, 3.05) is 0 Å². The molecule has 0 N–H and O–H groups in total. The Hall–Kier alpha value is -7.43. The summed E-state index contributed by atoms with van der Waals surface area (Å²) < 4.78 is 6.90. The van der Waals surface area contributed by atoms with Crippen molar-refractivity contribution in [1.82, 2.24) is 15.0 Å². The molecule has 0 fully saturated rings. The Bertz CT molecular complexity index is 3120. The summed E-state index contributed by atoms with van der Waals surface area (Å²) in [5.41, 5.74) is 16.6. The summed E-state index contributed by atoms with van der Waals surface area (Å²) in [5, 5.41) is 2.23. The predicted octanol–water partition coefficient (Wildman–Crippen LogP) is 14.1. The molecule has 8 aromatic carbocycles. The maximum Gasteiger partial charge on any atom is 0.164 e. The van der Waals surface area contributed by atoms with Crippen LogP contribution in [0.1, 0.15) is 25.0 Å². The molecule has 11 rings (SSSR count). The summed E-state index contributed by atoms with van der Waals surface area (Å²) in [6.07, 6.45) is 0. The van der Waals surface area contributed by atoms with Crippen LogP contribution in [0.4, 0.5) is 0 Å². The highest BCUT2D eigenvalue weighted by Crippen LogP contribution is 2.50. The normalized spacial score (nSPS) is 12.8.